The quantitative estimate of drug-likeness (QED) is 0.468. The molecule has 33 heavy (non-hydrogen) atoms. The van der Waals surface area contributed by atoms with Crippen molar-refractivity contribution in [3.05, 3.63) is 70.7 Å². The Balaban J connectivity index is 1.29. The Morgan fingerprint density at radius 1 is 1.00 bits per heavy atom. The highest BCUT2D eigenvalue weighted by Gasteiger charge is 2.26. The standard InChI is InChI=1S/C25H25ClN6O/c1-16-3-4-17(2)21(15-16)27-25(33)19-11-13-31(14-12-19)23-10-9-22-28-29-24(32(22)30-23)18-5-7-20(26)8-6-18/h3-10,15,19H,11-14H2,1-2H3,(H,27,33). The third-order valence-corrected chi connectivity index (χ3v) is 6.44. The lowest BCUT2D eigenvalue weighted by Crippen LogP contribution is -2.38. The van der Waals surface area contributed by atoms with Crippen LogP contribution in [-0.4, -0.2) is 38.8 Å². The van der Waals surface area contributed by atoms with Gasteiger partial charge in [0.15, 0.2) is 11.5 Å². The molecule has 0 saturated carbocycles. The van der Waals surface area contributed by atoms with Gasteiger partial charge in [-0.25, -0.2) is 0 Å². The molecule has 0 bridgehead atoms. The summed E-state index contributed by atoms with van der Waals surface area (Å²) in [4.78, 5) is 15.1. The molecule has 7 nitrogen and oxygen atoms in total. The van der Waals surface area contributed by atoms with E-state index in [1.54, 1.807) is 4.52 Å². The van der Waals surface area contributed by atoms with E-state index in [1.165, 1.54) is 0 Å². The van der Waals surface area contributed by atoms with Crippen molar-refractivity contribution in [2.45, 2.75) is 26.7 Å². The maximum Gasteiger partial charge on any atom is 0.227 e. The number of piperidine rings is 1. The zero-order valence-corrected chi connectivity index (χ0v) is 19.4. The van der Waals surface area contributed by atoms with Crippen LogP contribution in [-0.2, 0) is 4.79 Å². The number of anilines is 2. The average molecular weight is 461 g/mol. The van der Waals surface area contributed by atoms with Crippen LogP contribution < -0.4 is 10.2 Å². The third kappa shape index (κ3) is 4.41. The van der Waals surface area contributed by atoms with Gasteiger partial charge in [-0.1, -0.05) is 23.7 Å². The Hall–Kier alpha value is -3.45. The predicted octanol–water partition coefficient (Wildman–Crippen LogP) is 4.92. The number of fused-ring (bicyclic) bond motifs is 1. The van der Waals surface area contributed by atoms with Crippen LogP contribution in [0.1, 0.15) is 24.0 Å². The number of nitrogens with one attached hydrogen (secondary N) is 1. The number of carbonyl (C=O) groups excluding carboxylic acids is 1. The molecule has 1 amide bonds. The largest absolute Gasteiger partial charge is 0.355 e. The number of nitrogens with zero attached hydrogens (tertiary/aromatic N) is 5. The molecule has 1 aliphatic heterocycles. The Bertz CT molecular complexity index is 1310. The second-order valence-electron chi connectivity index (χ2n) is 8.56. The van der Waals surface area contributed by atoms with Gasteiger partial charge in [0.1, 0.15) is 5.82 Å². The lowest BCUT2D eigenvalue weighted by Gasteiger charge is -2.32. The van der Waals surface area contributed by atoms with Gasteiger partial charge in [0, 0.05) is 35.3 Å². The van der Waals surface area contributed by atoms with Crippen molar-refractivity contribution >= 4 is 34.7 Å². The van der Waals surface area contributed by atoms with Gasteiger partial charge < -0.3 is 10.2 Å². The van der Waals surface area contributed by atoms with E-state index in [0.717, 1.165) is 54.1 Å². The number of rotatable bonds is 4. The highest BCUT2D eigenvalue weighted by Crippen LogP contribution is 2.26. The first-order valence-corrected chi connectivity index (χ1v) is 11.5. The van der Waals surface area contributed by atoms with Crippen LogP contribution in [0.2, 0.25) is 5.02 Å². The van der Waals surface area contributed by atoms with Gasteiger partial charge in [-0.15, -0.1) is 15.3 Å². The SMILES string of the molecule is Cc1ccc(C)c(NC(=O)C2CCN(c3ccc4nnc(-c5ccc(Cl)cc5)n4n3)CC2)c1. The van der Waals surface area contributed by atoms with Crippen molar-refractivity contribution in [2.24, 2.45) is 5.92 Å². The van der Waals surface area contributed by atoms with Gasteiger partial charge in [-0.3, -0.25) is 4.79 Å². The van der Waals surface area contributed by atoms with E-state index in [1.807, 2.05) is 62.4 Å². The van der Waals surface area contributed by atoms with Crippen LogP contribution in [0.4, 0.5) is 11.5 Å². The molecule has 4 aromatic rings. The summed E-state index contributed by atoms with van der Waals surface area (Å²) < 4.78 is 1.76. The second-order valence-corrected chi connectivity index (χ2v) is 9.00. The number of aromatic nitrogens is 4. The van der Waals surface area contributed by atoms with Crippen molar-refractivity contribution in [1.82, 2.24) is 19.8 Å². The molecule has 2 aromatic heterocycles. The highest BCUT2D eigenvalue weighted by molar-refractivity contribution is 6.30. The summed E-state index contributed by atoms with van der Waals surface area (Å²) in [5, 5.41) is 17.1. The molecule has 0 unspecified atom stereocenters. The van der Waals surface area contributed by atoms with Crippen LogP contribution in [0.3, 0.4) is 0 Å². The lowest BCUT2D eigenvalue weighted by atomic mass is 9.95. The monoisotopic (exact) mass is 460 g/mol. The Labute approximate surface area is 197 Å². The first-order valence-electron chi connectivity index (χ1n) is 11.1. The van der Waals surface area contributed by atoms with Gasteiger partial charge in [-0.2, -0.15) is 4.52 Å². The third-order valence-electron chi connectivity index (χ3n) is 6.19. The van der Waals surface area contributed by atoms with E-state index in [2.05, 4.69) is 26.5 Å². The molecule has 5 rings (SSSR count). The molecule has 0 radical (unpaired) electrons. The molecule has 1 saturated heterocycles. The summed E-state index contributed by atoms with van der Waals surface area (Å²) in [6, 6.07) is 17.5. The molecule has 0 aliphatic carbocycles. The van der Waals surface area contributed by atoms with E-state index < -0.39 is 0 Å². The van der Waals surface area contributed by atoms with Gasteiger partial charge in [0.25, 0.3) is 0 Å². The summed E-state index contributed by atoms with van der Waals surface area (Å²) in [6.07, 6.45) is 1.56. The van der Waals surface area contributed by atoms with Crippen LogP contribution in [0.25, 0.3) is 17.0 Å². The van der Waals surface area contributed by atoms with Gasteiger partial charge in [0.2, 0.25) is 5.91 Å². The summed E-state index contributed by atoms with van der Waals surface area (Å²) in [5.41, 5.74) is 4.70. The minimum absolute atomic E-state index is 0.00978. The number of halogens is 1. The minimum Gasteiger partial charge on any atom is -0.355 e. The summed E-state index contributed by atoms with van der Waals surface area (Å²) >= 11 is 6.02. The first kappa shape index (κ1) is 21.4. The van der Waals surface area contributed by atoms with Gasteiger partial charge in [-0.05, 0) is 80.3 Å². The van der Waals surface area contributed by atoms with Crippen molar-refractivity contribution in [3.63, 3.8) is 0 Å². The molecule has 3 heterocycles. The molecule has 0 atom stereocenters. The highest BCUT2D eigenvalue weighted by atomic mass is 35.5. The number of amides is 1. The Kier molecular flexibility index (Phi) is 5.72. The van der Waals surface area contributed by atoms with Crippen molar-refractivity contribution in [3.8, 4) is 11.4 Å². The smallest absolute Gasteiger partial charge is 0.227 e. The normalized spacial score (nSPS) is 14.6. The number of hydrogen-bond acceptors (Lipinski definition) is 5. The summed E-state index contributed by atoms with van der Waals surface area (Å²) in [6.45, 7) is 5.58. The molecule has 8 heteroatoms. The van der Waals surface area contributed by atoms with Crippen molar-refractivity contribution < 1.29 is 4.79 Å². The van der Waals surface area contributed by atoms with Crippen LogP contribution in [0.5, 0.6) is 0 Å². The van der Waals surface area contributed by atoms with Crippen molar-refractivity contribution in [1.29, 1.82) is 0 Å². The summed E-state index contributed by atoms with van der Waals surface area (Å²) in [5.74, 6) is 1.61. The fourth-order valence-electron chi connectivity index (χ4n) is 4.20. The molecule has 1 aliphatic rings. The lowest BCUT2D eigenvalue weighted by molar-refractivity contribution is -0.120. The van der Waals surface area contributed by atoms with Gasteiger partial charge >= 0.3 is 0 Å². The molecule has 2 aromatic carbocycles. The number of benzene rings is 2. The van der Waals surface area contributed by atoms with E-state index in [9.17, 15) is 4.79 Å². The fraction of sp³-hybridized carbons (Fsp3) is 0.280. The molecule has 168 valence electrons. The number of hydrogen-bond donors (Lipinski definition) is 1. The Morgan fingerprint density at radius 3 is 2.52 bits per heavy atom. The van der Waals surface area contributed by atoms with E-state index >= 15 is 0 Å². The second kappa shape index (κ2) is 8.83. The number of carbonyl (C=O) groups is 1. The maximum absolute atomic E-state index is 12.9. The molecular weight excluding hydrogens is 436 g/mol. The van der Waals surface area contributed by atoms with Gasteiger partial charge in [0.05, 0.1) is 0 Å². The van der Waals surface area contributed by atoms with E-state index in [4.69, 9.17) is 16.7 Å². The molecule has 1 N–H and O–H groups in total. The number of aryl methyl sites for hydroxylation is 2. The molecule has 0 spiro atoms. The molecular formula is C25H25ClN6O. The van der Waals surface area contributed by atoms with Crippen LogP contribution in [0.15, 0.2) is 54.6 Å². The van der Waals surface area contributed by atoms with Crippen molar-refractivity contribution in [2.75, 3.05) is 23.3 Å². The minimum atomic E-state index is -0.00978. The Morgan fingerprint density at radius 2 is 1.76 bits per heavy atom. The first-order chi connectivity index (χ1) is 16.0. The van der Waals surface area contributed by atoms with Crippen LogP contribution in [0, 0.1) is 19.8 Å². The topological polar surface area (TPSA) is 75.4 Å². The molecule has 1 fully saturated rings. The average Bonchev–Trinajstić information content (AvgIpc) is 3.25. The van der Waals surface area contributed by atoms with E-state index in [0.29, 0.717) is 16.5 Å². The fourth-order valence-corrected chi connectivity index (χ4v) is 4.33. The van der Waals surface area contributed by atoms with E-state index in [-0.39, 0.29) is 11.8 Å². The van der Waals surface area contributed by atoms with Crippen LogP contribution >= 0.6 is 11.6 Å². The zero-order valence-electron chi connectivity index (χ0n) is 18.6. The summed E-state index contributed by atoms with van der Waals surface area (Å²) in [7, 11) is 0. The zero-order chi connectivity index (χ0) is 22.9. The predicted molar refractivity (Wildman–Crippen MR) is 131 cm³/mol. The maximum atomic E-state index is 12.9.